The average Bonchev–Trinajstić information content (AvgIpc) is 3.40. The minimum atomic E-state index is -1.16. The number of ether oxygens (including phenoxy) is 2. The lowest BCUT2D eigenvalue weighted by molar-refractivity contribution is -0.136. The van der Waals surface area contributed by atoms with E-state index in [1.54, 1.807) is 23.1 Å². The van der Waals surface area contributed by atoms with E-state index in [2.05, 4.69) is 15.6 Å². The van der Waals surface area contributed by atoms with Crippen LogP contribution in [-0.2, 0) is 9.59 Å². The van der Waals surface area contributed by atoms with Crippen LogP contribution >= 0.6 is 11.6 Å². The number of rotatable bonds is 10. The number of fused-ring (bicyclic) bond motifs is 1. The van der Waals surface area contributed by atoms with Crippen molar-refractivity contribution >= 4 is 47.0 Å². The van der Waals surface area contributed by atoms with Gasteiger partial charge in [0.25, 0.3) is 17.7 Å². The lowest BCUT2D eigenvalue weighted by atomic mass is 9.92. The molecule has 5 amide bonds. The summed E-state index contributed by atoms with van der Waals surface area (Å²) in [5.74, 6) is -4.17. The first kappa shape index (κ1) is 37.6. The van der Waals surface area contributed by atoms with E-state index < -0.39 is 47.2 Å². The van der Waals surface area contributed by atoms with Crippen LogP contribution in [-0.4, -0.2) is 102 Å². The zero-order chi connectivity index (χ0) is 38.8. The Bertz CT molecular complexity index is 2100. The fourth-order valence-corrected chi connectivity index (χ4v) is 7.50. The summed E-state index contributed by atoms with van der Waals surface area (Å²) < 4.78 is 41.9. The van der Waals surface area contributed by atoms with Crippen LogP contribution in [0.25, 0.3) is 0 Å². The van der Waals surface area contributed by atoms with Crippen molar-refractivity contribution in [3.05, 3.63) is 81.5 Å². The van der Waals surface area contributed by atoms with Crippen LogP contribution in [0.5, 0.6) is 11.5 Å². The SMILES string of the molecule is N#Cc1ccc(OC2CCC(NC(=O)c3cnc(N4CCN(CCOc5cc6c(cc5F)C(=O)N(C5CCC(=O)NC5=O)C6=O)CC4)c(F)c3)CC2)cc1Cl. The number of aromatic nitrogens is 1. The Balaban J connectivity index is 0.853. The Hall–Kier alpha value is -5.66. The predicted molar refractivity (Wildman–Crippen MR) is 192 cm³/mol. The molecule has 3 aromatic rings. The van der Waals surface area contributed by atoms with E-state index in [-0.39, 0.29) is 59.9 Å². The summed E-state index contributed by atoms with van der Waals surface area (Å²) in [6.45, 7) is 2.39. The Kier molecular flexibility index (Phi) is 10.9. The van der Waals surface area contributed by atoms with Crippen molar-refractivity contribution in [2.24, 2.45) is 0 Å². The van der Waals surface area contributed by atoms with Gasteiger partial charge in [0.15, 0.2) is 23.2 Å². The van der Waals surface area contributed by atoms with Gasteiger partial charge in [-0.15, -0.1) is 0 Å². The van der Waals surface area contributed by atoms with Gasteiger partial charge in [-0.1, -0.05) is 11.6 Å². The smallest absolute Gasteiger partial charge is 0.262 e. The minimum Gasteiger partial charge on any atom is -0.490 e. The molecule has 3 aliphatic heterocycles. The summed E-state index contributed by atoms with van der Waals surface area (Å²) >= 11 is 6.11. The lowest BCUT2D eigenvalue weighted by Gasteiger charge is -2.35. The number of benzene rings is 2. The summed E-state index contributed by atoms with van der Waals surface area (Å²) in [7, 11) is 0. The molecule has 4 heterocycles. The molecule has 4 aliphatic rings. The maximum Gasteiger partial charge on any atom is 0.262 e. The molecule has 55 heavy (non-hydrogen) atoms. The monoisotopic (exact) mass is 775 g/mol. The van der Waals surface area contributed by atoms with Crippen molar-refractivity contribution in [3.8, 4) is 17.6 Å². The van der Waals surface area contributed by atoms with Crippen molar-refractivity contribution in [2.75, 3.05) is 44.2 Å². The molecule has 2 saturated heterocycles. The Morgan fingerprint density at radius 1 is 0.964 bits per heavy atom. The number of piperidine rings is 1. The number of carbonyl (C=O) groups is 5. The Labute approximate surface area is 319 Å². The van der Waals surface area contributed by atoms with Crippen LogP contribution in [0.3, 0.4) is 0 Å². The molecule has 1 aromatic heterocycles. The first-order valence-corrected chi connectivity index (χ1v) is 18.3. The van der Waals surface area contributed by atoms with Gasteiger partial charge < -0.3 is 19.7 Å². The Morgan fingerprint density at radius 2 is 1.69 bits per heavy atom. The van der Waals surface area contributed by atoms with E-state index in [0.29, 0.717) is 74.7 Å². The molecule has 17 heteroatoms. The largest absolute Gasteiger partial charge is 0.490 e. The van der Waals surface area contributed by atoms with Crippen LogP contribution in [0.15, 0.2) is 42.6 Å². The van der Waals surface area contributed by atoms with Crippen molar-refractivity contribution in [1.82, 2.24) is 25.4 Å². The fraction of sp³-hybridized carbons (Fsp3) is 0.395. The molecule has 0 bridgehead atoms. The number of halogens is 3. The molecule has 1 aliphatic carbocycles. The quantitative estimate of drug-likeness (QED) is 0.288. The van der Waals surface area contributed by atoms with E-state index in [1.807, 2.05) is 11.0 Å². The topological polar surface area (TPSA) is 174 Å². The second-order valence-electron chi connectivity index (χ2n) is 13.8. The summed E-state index contributed by atoms with van der Waals surface area (Å²) in [4.78, 5) is 71.7. The normalized spacial score (nSPS) is 21.5. The highest BCUT2D eigenvalue weighted by molar-refractivity contribution is 6.31. The zero-order valence-corrected chi connectivity index (χ0v) is 30.2. The van der Waals surface area contributed by atoms with E-state index in [1.165, 1.54) is 12.3 Å². The van der Waals surface area contributed by atoms with Crippen LogP contribution in [0.4, 0.5) is 14.6 Å². The first-order chi connectivity index (χ1) is 26.5. The third-order valence-electron chi connectivity index (χ3n) is 10.3. The molecule has 2 N–H and O–H groups in total. The Morgan fingerprint density at radius 3 is 2.36 bits per heavy atom. The van der Waals surface area contributed by atoms with Gasteiger partial charge in [-0.3, -0.25) is 39.1 Å². The molecule has 14 nitrogen and oxygen atoms in total. The number of hydrogen-bond donors (Lipinski definition) is 2. The molecule has 2 aromatic carbocycles. The molecule has 286 valence electrons. The summed E-state index contributed by atoms with van der Waals surface area (Å²) in [5.41, 5.74) is 0.234. The van der Waals surface area contributed by atoms with Gasteiger partial charge in [0.1, 0.15) is 24.5 Å². The van der Waals surface area contributed by atoms with Crippen molar-refractivity contribution in [1.29, 1.82) is 5.26 Å². The summed E-state index contributed by atoms with van der Waals surface area (Å²) in [6.07, 6.45) is 4.03. The molecular formula is C38H36ClF2N7O7. The molecule has 7 rings (SSSR count). The number of pyridine rings is 1. The number of nitrogens with one attached hydrogen (secondary N) is 2. The van der Waals surface area contributed by atoms with Crippen molar-refractivity contribution in [2.45, 2.75) is 56.7 Å². The number of anilines is 1. The summed E-state index contributed by atoms with van der Waals surface area (Å²) in [5, 5.41) is 14.5. The molecule has 1 atom stereocenters. The maximum absolute atomic E-state index is 15.3. The third-order valence-corrected chi connectivity index (χ3v) is 10.6. The van der Waals surface area contributed by atoms with Gasteiger partial charge in [-0.25, -0.2) is 13.8 Å². The van der Waals surface area contributed by atoms with Gasteiger partial charge in [0.2, 0.25) is 11.8 Å². The van der Waals surface area contributed by atoms with Crippen molar-refractivity contribution < 1.29 is 42.2 Å². The predicted octanol–water partition coefficient (Wildman–Crippen LogP) is 3.61. The maximum atomic E-state index is 15.3. The van der Waals surface area contributed by atoms with Crippen LogP contribution in [0.2, 0.25) is 5.02 Å². The highest BCUT2D eigenvalue weighted by Crippen LogP contribution is 2.33. The molecule has 0 spiro atoms. The van der Waals surface area contributed by atoms with Gasteiger partial charge in [-0.2, -0.15) is 5.26 Å². The third kappa shape index (κ3) is 8.08. The number of amides is 5. The van der Waals surface area contributed by atoms with Crippen molar-refractivity contribution in [3.63, 3.8) is 0 Å². The molecular weight excluding hydrogens is 740 g/mol. The fourth-order valence-electron chi connectivity index (χ4n) is 7.28. The van der Waals surface area contributed by atoms with Gasteiger partial charge in [0.05, 0.1) is 33.4 Å². The van der Waals surface area contributed by atoms with E-state index in [4.69, 9.17) is 26.3 Å². The molecule has 1 unspecified atom stereocenters. The van der Waals surface area contributed by atoms with Crippen LogP contribution in [0.1, 0.15) is 75.2 Å². The number of nitriles is 1. The van der Waals surface area contributed by atoms with Gasteiger partial charge in [0, 0.05) is 57.4 Å². The van der Waals surface area contributed by atoms with Gasteiger partial charge in [-0.05, 0) is 62.4 Å². The number of hydrogen-bond acceptors (Lipinski definition) is 11. The van der Waals surface area contributed by atoms with E-state index in [0.717, 1.165) is 17.0 Å². The van der Waals surface area contributed by atoms with Crippen LogP contribution < -0.4 is 25.0 Å². The van der Waals surface area contributed by atoms with Crippen LogP contribution in [0, 0.1) is 23.0 Å². The highest BCUT2D eigenvalue weighted by Gasteiger charge is 2.45. The molecule has 0 radical (unpaired) electrons. The minimum absolute atomic E-state index is 0.0137. The number of imide groups is 2. The first-order valence-electron chi connectivity index (χ1n) is 18.0. The van der Waals surface area contributed by atoms with Gasteiger partial charge >= 0.3 is 0 Å². The summed E-state index contributed by atoms with van der Waals surface area (Å²) in [6, 6.07) is 8.97. The number of nitrogens with zero attached hydrogens (tertiary/aromatic N) is 5. The van der Waals surface area contributed by atoms with E-state index in [9.17, 15) is 28.4 Å². The highest BCUT2D eigenvalue weighted by atomic mass is 35.5. The number of piperazine rings is 1. The van der Waals surface area contributed by atoms with E-state index >= 15 is 4.39 Å². The second kappa shape index (κ2) is 16.0. The molecule has 1 saturated carbocycles. The molecule has 3 fully saturated rings. The number of carbonyl (C=O) groups excluding carboxylic acids is 5. The zero-order valence-electron chi connectivity index (χ0n) is 29.5. The standard InChI is InChI=1S/C38H36ClF2N7O7/c39-28-16-25(4-1-21(28)19-42)55-24-5-2-23(3-6-24)44-35(50)22-15-30(41)34(43-20-22)47-11-9-46(10-12-47)13-14-54-32-18-27-26(17-29(32)40)37(52)48(38(27)53)31-7-8-33(49)45-36(31)51/h1,4,15-18,20,23-24,31H,2-3,5-14H2,(H,44,50)(H,45,49,51). The second-order valence-corrected chi connectivity index (χ2v) is 14.2. The average molecular weight is 776 g/mol. The lowest BCUT2D eigenvalue weighted by Crippen LogP contribution is -2.54.